The summed E-state index contributed by atoms with van der Waals surface area (Å²) < 4.78 is 39.9. The fourth-order valence-corrected chi connectivity index (χ4v) is 2.31. The predicted octanol–water partition coefficient (Wildman–Crippen LogP) is 3.91. The summed E-state index contributed by atoms with van der Waals surface area (Å²) in [6.45, 7) is 1.40. The minimum atomic E-state index is -4.42. The summed E-state index contributed by atoms with van der Waals surface area (Å²) in [6, 6.07) is 11.8. The largest absolute Gasteiger partial charge is 0.416 e. The van der Waals surface area contributed by atoms with Crippen LogP contribution < -0.4 is 5.32 Å². The zero-order valence-corrected chi connectivity index (χ0v) is 13.1. The van der Waals surface area contributed by atoms with Gasteiger partial charge in [-0.05, 0) is 30.3 Å². The van der Waals surface area contributed by atoms with E-state index in [4.69, 9.17) is 0 Å². The van der Waals surface area contributed by atoms with Crippen LogP contribution in [0.25, 0.3) is 16.9 Å². The third kappa shape index (κ3) is 3.85. The number of amides is 1. The van der Waals surface area contributed by atoms with Gasteiger partial charge in [0, 0.05) is 18.2 Å². The lowest BCUT2D eigenvalue weighted by atomic mass is 10.1. The van der Waals surface area contributed by atoms with E-state index in [1.54, 1.807) is 24.3 Å². The molecule has 1 N–H and O–H groups in total. The first-order valence-electron chi connectivity index (χ1n) is 7.31. The van der Waals surface area contributed by atoms with Gasteiger partial charge in [0.15, 0.2) is 0 Å². The Morgan fingerprint density at radius 1 is 1.12 bits per heavy atom. The normalized spacial score (nSPS) is 11.4. The number of alkyl halides is 3. The van der Waals surface area contributed by atoms with E-state index in [1.165, 1.54) is 29.9 Å². The van der Waals surface area contributed by atoms with Gasteiger partial charge in [0.25, 0.3) is 0 Å². The van der Waals surface area contributed by atoms with Crippen LogP contribution in [-0.4, -0.2) is 20.9 Å². The quantitative estimate of drug-likeness (QED) is 0.782. The second-order valence-corrected chi connectivity index (χ2v) is 5.36. The van der Waals surface area contributed by atoms with Crippen molar-refractivity contribution in [2.45, 2.75) is 13.1 Å². The highest BCUT2D eigenvalue weighted by Crippen LogP contribution is 2.31. The zero-order chi connectivity index (χ0) is 18.0. The molecule has 8 heteroatoms. The fraction of sp³-hybridized carbons (Fsp3) is 0.118. The molecule has 0 saturated heterocycles. The predicted molar refractivity (Wildman–Crippen MR) is 86.1 cm³/mol. The van der Waals surface area contributed by atoms with Crippen molar-refractivity contribution in [1.82, 2.24) is 15.0 Å². The second kappa shape index (κ2) is 6.39. The molecule has 0 aliphatic heterocycles. The number of nitrogens with zero attached hydrogens (tertiary/aromatic N) is 3. The number of carbonyl (C=O) groups excluding carboxylic acids is 1. The second-order valence-electron chi connectivity index (χ2n) is 5.36. The minimum absolute atomic E-state index is 0.208. The van der Waals surface area contributed by atoms with E-state index in [2.05, 4.69) is 15.6 Å². The van der Waals surface area contributed by atoms with Crippen molar-refractivity contribution >= 4 is 11.6 Å². The molecule has 0 saturated carbocycles. The number of carbonyl (C=O) groups is 1. The number of anilines is 1. The summed E-state index contributed by atoms with van der Waals surface area (Å²) in [7, 11) is 0. The van der Waals surface area contributed by atoms with Gasteiger partial charge < -0.3 is 5.32 Å². The Kier molecular flexibility index (Phi) is 4.26. The van der Waals surface area contributed by atoms with Crippen molar-refractivity contribution in [3.63, 3.8) is 0 Å². The molecule has 3 rings (SSSR count). The molecule has 1 amide bonds. The molecule has 0 unspecified atom stereocenters. The smallest absolute Gasteiger partial charge is 0.326 e. The Hall–Kier alpha value is -3.16. The van der Waals surface area contributed by atoms with Crippen molar-refractivity contribution in [1.29, 1.82) is 0 Å². The molecular weight excluding hydrogens is 333 g/mol. The first-order valence-corrected chi connectivity index (χ1v) is 7.31. The molecule has 0 atom stereocenters. The molecule has 0 fully saturated rings. The van der Waals surface area contributed by atoms with Crippen molar-refractivity contribution in [3.05, 3.63) is 60.3 Å². The van der Waals surface area contributed by atoms with E-state index < -0.39 is 11.7 Å². The topological polar surface area (TPSA) is 59.8 Å². The van der Waals surface area contributed by atoms with Crippen LogP contribution in [0.4, 0.5) is 18.9 Å². The van der Waals surface area contributed by atoms with Crippen LogP contribution in [0.1, 0.15) is 12.5 Å². The first kappa shape index (κ1) is 16.7. The summed E-state index contributed by atoms with van der Waals surface area (Å²) in [4.78, 5) is 11.1. The summed E-state index contributed by atoms with van der Waals surface area (Å²) in [5, 5.41) is 10.5. The first-order chi connectivity index (χ1) is 11.8. The average molecular weight is 346 g/mol. The highest BCUT2D eigenvalue weighted by Gasteiger charge is 2.30. The number of rotatable bonds is 3. The molecule has 3 aromatic rings. The lowest BCUT2D eigenvalue weighted by molar-refractivity contribution is -0.137. The Morgan fingerprint density at radius 2 is 1.88 bits per heavy atom. The van der Waals surface area contributed by atoms with E-state index in [0.717, 1.165) is 12.1 Å². The van der Waals surface area contributed by atoms with Crippen molar-refractivity contribution < 1.29 is 18.0 Å². The number of benzene rings is 2. The van der Waals surface area contributed by atoms with Crippen LogP contribution in [0.5, 0.6) is 0 Å². The number of nitrogens with one attached hydrogen (secondary N) is 1. The fourth-order valence-electron chi connectivity index (χ4n) is 2.31. The van der Waals surface area contributed by atoms with Gasteiger partial charge >= 0.3 is 6.18 Å². The Labute approximate surface area is 141 Å². The van der Waals surface area contributed by atoms with Crippen LogP contribution >= 0.6 is 0 Å². The Balaban J connectivity index is 1.92. The summed E-state index contributed by atoms with van der Waals surface area (Å²) in [5.74, 6) is -0.208. The van der Waals surface area contributed by atoms with Crippen molar-refractivity contribution in [3.8, 4) is 16.9 Å². The molecule has 2 aromatic carbocycles. The average Bonchev–Trinajstić information content (AvgIpc) is 3.04. The van der Waals surface area contributed by atoms with Crippen molar-refractivity contribution in [2.24, 2.45) is 0 Å². The number of halogens is 3. The lowest BCUT2D eigenvalue weighted by Crippen LogP contribution is -2.06. The highest BCUT2D eigenvalue weighted by atomic mass is 19.4. The van der Waals surface area contributed by atoms with Crippen molar-refractivity contribution in [2.75, 3.05) is 5.32 Å². The van der Waals surface area contributed by atoms with Crippen LogP contribution in [0.15, 0.2) is 54.7 Å². The maximum Gasteiger partial charge on any atom is 0.416 e. The standard InChI is InChI=1S/C17H13F3N4O/c1-11(25)21-14-6-3-7-15(9-14)24-10-16(22-23-24)12-4-2-5-13(8-12)17(18,19)20/h2-10H,1H3,(H,21,25). The van der Waals surface area contributed by atoms with E-state index >= 15 is 0 Å². The maximum absolute atomic E-state index is 12.8. The summed E-state index contributed by atoms with van der Waals surface area (Å²) in [6.07, 6.45) is -2.89. The van der Waals surface area contributed by atoms with E-state index in [0.29, 0.717) is 22.6 Å². The molecule has 1 heterocycles. The van der Waals surface area contributed by atoms with Gasteiger partial charge in [0.05, 0.1) is 17.4 Å². The van der Waals surface area contributed by atoms with E-state index in [-0.39, 0.29) is 5.91 Å². The molecule has 0 bridgehead atoms. The molecule has 0 radical (unpaired) electrons. The molecule has 0 aliphatic carbocycles. The maximum atomic E-state index is 12.8. The molecule has 25 heavy (non-hydrogen) atoms. The van der Waals surface area contributed by atoms with Crippen LogP contribution in [0, 0.1) is 0 Å². The third-order valence-corrected chi connectivity index (χ3v) is 3.41. The van der Waals surface area contributed by atoms with Gasteiger partial charge in [-0.2, -0.15) is 13.2 Å². The SMILES string of the molecule is CC(=O)Nc1cccc(-n2cc(-c3cccc(C(F)(F)F)c3)nn2)c1. The third-order valence-electron chi connectivity index (χ3n) is 3.41. The molecular formula is C17H13F3N4O. The summed E-state index contributed by atoms with van der Waals surface area (Å²) in [5.41, 5.74) is 1.10. The molecule has 0 aliphatic rings. The van der Waals surface area contributed by atoms with Crippen LogP contribution in [-0.2, 0) is 11.0 Å². The minimum Gasteiger partial charge on any atom is -0.326 e. The van der Waals surface area contributed by atoms with Gasteiger partial charge in [-0.1, -0.05) is 23.4 Å². The van der Waals surface area contributed by atoms with Gasteiger partial charge in [-0.3, -0.25) is 4.79 Å². The van der Waals surface area contributed by atoms with Gasteiger partial charge in [0.1, 0.15) is 5.69 Å². The molecule has 128 valence electrons. The molecule has 5 nitrogen and oxygen atoms in total. The Morgan fingerprint density at radius 3 is 2.60 bits per heavy atom. The van der Waals surface area contributed by atoms with Crippen LogP contribution in [0.3, 0.4) is 0 Å². The monoisotopic (exact) mass is 346 g/mol. The highest BCUT2D eigenvalue weighted by molar-refractivity contribution is 5.88. The zero-order valence-electron chi connectivity index (χ0n) is 13.1. The summed E-state index contributed by atoms with van der Waals surface area (Å²) >= 11 is 0. The molecule has 1 aromatic heterocycles. The van der Waals surface area contributed by atoms with Gasteiger partial charge in [0.2, 0.25) is 5.91 Å². The van der Waals surface area contributed by atoms with Gasteiger partial charge in [-0.15, -0.1) is 5.10 Å². The lowest BCUT2D eigenvalue weighted by Gasteiger charge is -2.07. The van der Waals surface area contributed by atoms with Crippen LogP contribution in [0.2, 0.25) is 0 Å². The molecule has 0 spiro atoms. The Bertz CT molecular complexity index is 918. The van der Waals surface area contributed by atoms with E-state index in [9.17, 15) is 18.0 Å². The number of aromatic nitrogens is 3. The number of hydrogen-bond acceptors (Lipinski definition) is 3. The van der Waals surface area contributed by atoms with E-state index in [1.807, 2.05) is 0 Å². The number of hydrogen-bond donors (Lipinski definition) is 1. The van der Waals surface area contributed by atoms with Gasteiger partial charge in [-0.25, -0.2) is 4.68 Å².